The third-order valence-corrected chi connectivity index (χ3v) is 2.50. The van der Waals surface area contributed by atoms with Gasteiger partial charge in [-0.15, -0.1) is 0 Å². The Kier molecular flexibility index (Phi) is 5.83. The number of hydrogen-bond donors (Lipinski definition) is 2. The number of rotatable bonds is 6. The van der Waals surface area contributed by atoms with Crippen molar-refractivity contribution in [3.63, 3.8) is 0 Å². The van der Waals surface area contributed by atoms with Crippen molar-refractivity contribution in [2.45, 2.75) is 26.4 Å². The molecule has 0 aromatic heterocycles. The van der Waals surface area contributed by atoms with Gasteiger partial charge in [-0.2, -0.15) is 0 Å². The lowest BCUT2D eigenvalue weighted by atomic mass is 10.3. The molecular weight excluding hydrogens is 260 g/mol. The largest absolute Gasteiger partial charge is 0.489 e. The summed E-state index contributed by atoms with van der Waals surface area (Å²) in [5, 5.41) is 11.3. The highest BCUT2D eigenvalue weighted by Gasteiger charge is 2.13. The van der Waals surface area contributed by atoms with Crippen molar-refractivity contribution in [3.05, 3.63) is 24.3 Å². The molecule has 1 rings (SSSR count). The maximum absolute atomic E-state index is 11.9. The van der Waals surface area contributed by atoms with E-state index < -0.39 is 5.97 Å². The third-order valence-electron chi connectivity index (χ3n) is 2.50. The van der Waals surface area contributed by atoms with Crippen molar-refractivity contribution < 1.29 is 19.4 Å². The Labute approximate surface area is 118 Å². The summed E-state index contributed by atoms with van der Waals surface area (Å²) in [6, 6.07) is 6.75. The van der Waals surface area contributed by atoms with Crippen LogP contribution in [0.3, 0.4) is 0 Å². The number of urea groups is 1. The van der Waals surface area contributed by atoms with Crippen LogP contribution in [0.15, 0.2) is 24.3 Å². The minimum atomic E-state index is -0.937. The number of benzene rings is 1. The normalized spacial score (nSPS) is 10.2. The zero-order chi connectivity index (χ0) is 15.1. The fourth-order valence-electron chi connectivity index (χ4n) is 1.50. The highest BCUT2D eigenvalue weighted by molar-refractivity contribution is 5.91. The van der Waals surface area contributed by atoms with Crippen LogP contribution in [-0.2, 0) is 4.79 Å². The molecule has 0 aliphatic carbocycles. The number of nitrogens with zero attached hydrogens (tertiary/aromatic N) is 1. The molecule has 0 saturated heterocycles. The highest BCUT2D eigenvalue weighted by atomic mass is 16.5. The van der Waals surface area contributed by atoms with Crippen molar-refractivity contribution in [3.8, 4) is 5.75 Å². The molecule has 0 spiro atoms. The van der Waals surface area contributed by atoms with Crippen molar-refractivity contribution in [2.24, 2.45) is 0 Å². The minimum absolute atomic E-state index is 0.00204. The van der Waals surface area contributed by atoms with Crippen LogP contribution in [0.1, 0.15) is 20.3 Å². The van der Waals surface area contributed by atoms with Crippen LogP contribution in [0.5, 0.6) is 5.75 Å². The molecule has 0 aliphatic heterocycles. The summed E-state index contributed by atoms with van der Waals surface area (Å²) in [5.41, 5.74) is 0.563. The number of nitrogens with one attached hydrogen (secondary N) is 1. The Bertz CT molecular complexity index is 474. The number of ether oxygens (including phenoxy) is 1. The standard InChI is InChI=1S/C14H20N2O4/c1-10(2)20-12-7-5-4-6-11(12)15-14(19)16(3)9-8-13(17)18/h4-7,10H,8-9H2,1-3H3,(H,15,19)(H,17,18). The first-order valence-corrected chi connectivity index (χ1v) is 6.39. The van der Waals surface area contributed by atoms with Crippen molar-refractivity contribution in [1.82, 2.24) is 4.90 Å². The Balaban J connectivity index is 2.67. The number of hydrogen-bond acceptors (Lipinski definition) is 3. The first-order chi connectivity index (χ1) is 9.40. The average Bonchev–Trinajstić information content (AvgIpc) is 2.37. The van der Waals surface area contributed by atoms with Gasteiger partial charge in [0.1, 0.15) is 5.75 Å². The zero-order valence-electron chi connectivity index (χ0n) is 11.9. The van der Waals surface area contributed by atoms with E-state index in [4.69, 9.17) is 9.84 Å². The van der Waals surface area contributed by atoms with Crippen molar-refractivity contribution in [2.75, 3.05) is 18.9 Å². The van der Waals surface area contributed by atoms with Gasteiger partial charge in [0.2, 0.25) is 0 Å². The van der Waals surface area contributed by atoms with Gasteiger partial charge in [-0.1, -0.05) is 12.1 Å². The maximum atomic E-state index is 11.9. The van der Waals surface area contributed by atoms with Gasteiger partial charge in [0.25, 0.3) is 0 Å². The van der Waals surface area contributed by atoms with Crippen LogP contribution in [0.2, 0.25) is 0 Å². The van der Waals surface area contributed by atoms with E-state index in [1.165, 1.54) is 4.90 Å². The molecule has 1 aromatic rings. The summed E-state index contributed by atoms with van der Waals surface area (Å²) >= 11 is 0. The molecule has 2 amide bonds. The van der Waals surface area contributed by atoms with Crippen molar-refractivity contribution in [1.29, 1.82) is 0 Å². The van der Waals surface area contributed by atoms with E-state index in [1.54, 1.807) is 25.2 Å². The monoisotopic (exact) mass is 280 g/mol. The van der Waals surface area contributed by atoms with E-state index in [-0.39, 0.29) is 25.1 Å². The minimum Gasteiger partial charge on any atom is -0.489 e. The van der Waals surface area contributed by atoms with E-state index >= 15 is 0 Å². The molecule has 0 bridgehead atoms. The summed E-state index contributed by atoms with van der Waals surface area (Å²) in [4.78, 5) is 23.7. The quantitative estimate of drug-likeness (QED) is 0.838. The lowest BCUT2D eigenvalue weighted by Crippen LogP contribution is -2.33. The van der Waals surface area contributed by atoms with E-state index in [2.05, 4.69) is 5.32 Å². The average molecular weight is 280 g/mol. The number of carbonyl (C=O) groups is 2. The Morgan fingerprint density at radius 2 is 2.00 bits per heavy atom. The second-order valence-electron chi connectivity index (χ2n) is 4.66. The topological polar surface area (TPSA) is 78.9 Å². The number of aliphatic carboxylic acids is 1. The SMILES string of the molecule is CC(C)Oc1ccccc1NC(=O)N(C)CCC(=O)O. The number of anilines is 1. The zero-order valence-corrected chi connectivity index (χ0v) is 11.9. The summed E-state index contributed by atoms with van der Waals surface area (Å²) in [7, 11) is 1.55. The summed E-state index contributed by atoms with van der Waals surface area (Å²) in [5.74, 6) is -0.351. The number of amides is 2. The number of para-hydroxylation sites is 2. The maximum Gasteiger partial charge on any atom is 0.321 e. The van der Waals surface area contributed by atoms with Gasteiger partial charge in [0.15, 0.2) is 0 Å². The molecule has 110 valence electrons. The smallest absolute Gasteiger partial charge is 0.321 e. The Hall–Kier alpha value is -2.24. The van der Waals surface area contributed by atoms with Crippen LogP contribution < -0.4 is 10.1 Å². The van der Waals surface area contributed by atoms with Crippen LogP contribution in [0, 0.1) is 0 Å². The first-order valence-electron chi connectivity index (χ1n) is 6.39. The summed E-state index contributed by atoms with van der Waals surface area (Å²) < 4.78 is 5.60. The number of carboxylic acids is 1. The first kappa shape index (κ1) is 15.8. The van der Waals surface area contributed by atoms with Gasteiger partial charge >= 0.3 is 12.0 Å². The fraction of sp³-hybridized carbons (Fsp3) is 0.429. The van der Waals surface area contributed by atoms with E-state index in [9.17, 15) is 9.59 Å². The predicted octanol–water partition coefficient (Wildman–Crippen LogP) is 2.41. The molecular formula is C14H20N2O4. The molecule has 20 heavy (non-hydrogen) atoms. The second-order valence-corrected chi connectivity index (χ2v) is 4.66. The summed E-state index contributed by atoms with van der Waals surface area (Å²) in [6.07, 6.45) is -0.0913. The molecule has 1 aromatic carbocycles. The molecule has 0 fully saturated rings. The van der Waals surface area contributed by atoms with Crippen LogP contribution in [0.25, 0.3) is 0 Å². The lowest BCUT2D eigenvalue weighted by molar-refractivity contribution is -0.137. The molecule has 6 nitrogen and oxygen atoms in total. The fourth-order valence-corrected chi connectivity index (χ4v) is 1.50. The number of carbonyl (C=O) groups excluding carboxylic acids is 1. The highest BCUT2D eigenvalue weighted by Crippen LogP contribution is 2.25. The molecule has 2 N–H and O–H groups in total. The molecule has 0 heterocycles. The van der Waals surface area contributed by atoms with Gasteiger partial charge in [-0.25, -0.2) is 4.79 Å². The van der Waals surface area contributed by atoms with Crippen LogP contribution in [-0.4, -0.2) is 41.7 Å². The van der Waals surface area contributed by atoms with Gasteiger partial charge in [0, 0.05) is 13.6 Å². The van der Waals surface area contributed by atoms with Gasteiger partial charge < -0.3 is 20.1 Å². The molecule has 0 radical (unpaired) electrons. The van der Waals surface area contributed by atoms with Gasteiger partial charge in [-0.3, -0.25) is 4.79 Å². The van der Waals surface area contributed by atoms with Gasteiger partial charge in [0.05, 0.1) is 18.2 Å². The molecule has 0 atom stereocenters. The second kappa shape index (κ2) is 7.37. The van der Waals surface area contributed by atoms with Crippen LogP contribution >= 0.6 is 0 Å². The summed E-state index contributed by atoms with van der Waals surface area (Å²) in [6.45, 7) is 3.95. The lowest BCUT2D eigenvalue weighted by Gasteiger charge is -2.19. The van der Waals surface area contributed by atoms with Crippen LogP contribution in [0.4, 0.5) is 10.5 Å². The van der Waals surface area contributed by atoms with E-state index in [0.717, 1.165) is 0 Å². The Morgan fingerprint density at radius 3 is 2.60 bits per heavy atom. The molecule has 0 aliphatic rings. The molecule has 0 saturated carbocycles. The third kappa shape index (κ3) is 5.17. The van der Waals surface area contributed by atoms with Gasteiger partial charge in [-0.05, 0) is 26.0 Å². The van der Waals surface area contributed by atoms with E-state index in [1.807, 2.05) is 19.9 Å². The van der Waals surface area contributed by atoms with Crippen molar-refractivity contribution >= 4 is 17.7 Å². The van der Waals surface area contributed by atoms with E-state index in [0.29, 0.717) is 11.4 Å². The molecule has 0 unspecified atom stereocenters. The Morgan fingerprint density at radius 1 is 1.35 bits per heavy atom. The predicted molar refractivity (Wildman–Crippen MR) is 76.1 cm³/mol. The molecule has 6 heteroatoms. The number of carboxylic acid groups (broad SMARTS) is 1.